The Labute approximate surface area is 102 Å². The lowest BCUT2D eigenvalue weighted by molar-refractivity contribution is 0.0697. The molecular weight excluding hydrogens is 238 g/mol. The lowest BCUT2D eigenvalue weighted by Crippen LogP contribution is -2.09. The average Bonchev–Trinajstić information content (AvgIpc) is 2.72. The SMILES string of the molecule is Cc1cscc1CNc1nnccc1C(=O)O. The number of aryl methyl sites for hydroxylation is 1. The number of hydrogen-bond donors (Lipinski definition) is 2. The van der Waals surface area contributed by atoms with Crippen LogP contribution in [0.4, 0.5) is 5.82 Å². The number of nitrogens with one attached hydrogen (secondary N) is 1. The van der Waals surface area contributed by atoms with E-state index in [0.717, 1.165) is 5.56 Å². The summed E-state index contributed by atoms with van der Waals surface area (Å²) in [5.74, 6) is -0.713. The molecule has 5 nitrogen and oxygen atoms in total. The van der Waals surface area contributed by atoms with Crippen LogP contribution in [0, 0.1) is 6.92 Å². The second-order valence-corrected chi connectivity index (χ2v) is 4.28. The van der Waals surface area contributed by atoms with Crippen molar-refractivity contribution >= 4 is 23.1 Å². The van der Waals surface area contributed by atoms with Crippen molar-refractivity contribution in [3.63, 3.8) is 0 Å². The molecule has 2 N–H and O–H groups in total. The Morgan fingerprint density at radius 2 is 2.35 bits per heavy atom. The highest BCUT2D eigenvalue weighted by atomic mass is 32.1. The predicted octanol–water partition coefficient (Wildman–Crippen LogP) is 2.16. The van der Waals surface area contributed by atoms with Crippen molar-refractivity contribution in [3.8, 4) is 0 Å². The zero-order valence-electron chi connectivity index (χ0n) is 9.17. The first-order chi connectivity index (χ1) is 8.18. The van der Waals surface area contributed by atoms with E-state index in [1.54, 1.807) is 11.3 Å². The number of carboxylic acids is 1. The number of rotatable bonds is 4. The van der Waals surface area contributed by atoms with Gasteiger partial charge in [0.25, 0.3) is 0 Å². The zero-order chi connectivity index (χ0) is 12.3. The van der Waals surface area contributed by atoms with Gasteiger partial charge in [0.1, 0.15) is 5.56 Å². The summed E-state index contributed by atoms with van der Waals surface area (Å²) in [7, 11) is 0. The Morgan fingerprint density at radius 1 is 1.53 bits per heavy atom. The van der Waals surface area contributed by atoms with Crippen LogP contribution in [0.5, 0.6) is 0 Å². The van der Waals surface area contributed by atoms with Crippen molar-refractivity contribution in [2.75, 3.05) is 5.32 Å². The van der Waals surface area contributed by atoms with E-state index in [-0.39, 0.29) is 5.56 Å². The number of carboxylic acid groups (broad SMARTS) is 1. The van der Waals surface area contributed by atoms with Gasteiger partial charge in [0.05, 0.1) is 6.20 Å². The molecule has 0 radical (unpaired) electrons. The van der Waals surface area contributed by atoms with Crippen LogP contribution >= 0.6 is 11.3 Å². The standard InChI is InChI=1S/C11H11N3O2S/c1-7-5-17-6-8(7)4-12-10-9(11(15)16)2-3-13-14-10/h2-3,5-6H,4H2,1H3,(H,12,14)(H,15,16). The number of anilines is 1. The molecule has 0 atom stereocenters. The van der Waals surface area contributed by atoms with Crippen LogP contribution in [0.25, 0.3) is 0 Å². The van der Waals surface area contributed by atoms with Crippen LogP contribution in [-0.4, -0.2) is 21.3 Å². The number of thiophene rings is 1. The quantitative estimate of drug-likeness (QED) is 0.868. The molecule has 0 amide bonds. The molecule has 0 aliphatic heterocycles. The minimum Gasteiger partial charge on any atom is -0.478 e. The van der Waals surface area contributed by atoms with E-state index < -0.39 is 5.97 Å². The van der Waals surface area contributed by atoms with Crippen molar-refractivity contribution in [3.05, 3.63) is 39.7 Å². The molecule has 17 heavy (non-hydrogen) atoms. The molecule has 2 aromatic rings. The van der Waals surface area contributed by atoms with Crippen LogP contribution in [0.3, 0.4) is 0 Å². The Balaban J connectivity index is 2.14. The van der Waals surface area contributed by atoms with Gasteiger partial charge in [0.2, 0.25) is 0 Å². The van der Waals surface area contributed by atoms with Gasteiger partial charge >= 0.3 is 5.97 Å². The van der Waals surface area contributed by atoms with Gasteiger partial charge in [-0.15, -0.1) is 5.10 Å². The zero-order valence-corrected chi connectivity index (χ0v) is 9.99. The van der Waals surface area contributed by atoms with Gasteiger partial charge in [-0.2, -0.15) is 16.4 Å². The highest BCUT2D eigenvalue weighted by Gasteiger charge is 2.11. The molecule has 0 aliphatic rings. The van der Waals surface area contributed by atoms with Crippen LogP contribution < -0.4 is 5.32 Å². The van der Waals surface area contributed by atoms with Crippen molar-refractivity contribution < 1.29 is 9.90 Å². The summed E-state index contributed by atoms with van der Waals surface area (Å²) in [6, 6.07) is 1.43. The molecule has 6 heteroatoms. The monoisotopic (exact) mass is 249 g/mol. The first-order valence-corrected chi connectivity index (χ1v) is 5.93. The lowest BCUT2D eigenvalue weighted by Gasteiger charge is -2.06. The number of aromatic carboxylic acids is 1. The summed E-state index contributed by atoms with van der Waals surface area (Å²) in [4.78, 5) is 10.9. The minimum absolute atomic E-state index is 0.132. The summed E-state index contributed by atoms with van der Waals surface area (Å²) in [5, 5.41) is 23.5. The fraction of sp³-hybridized carbons (Fsp3) is 0.182. The van der Waals surface area contributed by atoms with Crippen LogP contribution in [-0.2, 0) is 6.54 Å². The van der Waals surface area contributed by atoms with E-state index in [1.807, 2.05) is 17.7 Å². The average molecular weight is 249 g/mol. The lowest BCUT2D eigenvalue weighted by atomic mass is 10.2. The molecule has 2 rings (SSSR count). The van der Waals surface area contributed by atoms with E-state index in [4.69, 9.17) is 5.11 Å². The Kier molecular flexibility index (Phi) is 3.34. The van der Waals surface area contributed by atoms with Crippen LogP contribution in [0.15, 0.2) is 23.0 Å². The fourth-order valence-electron chi connectivity index (χ4n) is 1.38. The molecule has 0 bridgehead atoms. The Hall–Kier alpha value is -1.95. The maximum absolute atomic E-state index is 10.9. The molecule has 88 valence electrons. The van der Waals surface area contributed by atoms with E-state index in [0.29, 0.717) is 12.4 Å². The summed E-state index contributed by atoms with van der Waals surface area (Å²) in [5.41, 5.74) is 2.45. The Bertz CT molecular complexity index is 539. The second-order valence-electron chi connectivity index (χ2n) is 3.53. The molecule has 2 aromatic heterocycles. The molecule has 0 aromatic carbocycles. The number of aromatic nitrogens is 2. The molecule has 0 unspecified atom stereocenters. The third-order valence-electron chi connectivity index (χ3n) is 2.36. The predicted molar refractivity (Wildman–Crippen MR) is 65.4 cm³/mol. The highest BCUT2D eigenvalue weighted by molar-refractivity contribution is 7.08. The topological polar surface area (TPSA) is 75.1 Å². The second kappa shape index (κ2) is 4.92. The molecule has 0 spiro atoms. The minimum atomic E-state index is -1.01. The van der Waals surface area contributed by atoms with E-state index in [9.17, 15) is 4.79 Å². The third kappa shape index (κ3) is 2.59. The van der Waals surface area contributed by atoms with Crippen molar-refractivity contribution in [1.29, 1.82) is 0 Å². The highest BCUT2D eigenvalue weighted by Crippen LogP contribution is 2.16. The van der Waals surface area contributed by atoms with Gasteiger partial charge in [-0.1, -0.05) is 0 Å². The maximum Gasteiger partial charge on any atom is 0.339 e. The van der Waals surface area contributed by atoms with Gasteiger partial charge in [0, 0.05) is 6.54 Å². The third-order valence-corrected chi connectivity index (χ3v) is 3.27. The fourth-order valence-corrected chi connectivity index (χ4v) is 2.24. The summed E-state index contributed by atoms with van der Waals surface area (Å²) < 4.78 is 0. The summed E-state index contributed by atoms with van der Waals surface area (Å²) in [6.45, 7) is 2.57. The van der Waals surface area contributed by atoms with Crippen LogP contribution in [0.1, 0.15) is 21.5 Å². The molecule has 0 saturated heterocycles. The molecule has 0 aliphatic carbocycles. The van der Waals surface area contributed by atoms with Crippen molar-refractivity contribution in [1.82, 2.24) is 10.2 Å². The normalized spacial score (nSPS) is 10.2. The maximum atomic E-state index is 10.9. The van der Waals surface area contributed by atoms with Gasteiger partial charge < -0.3 is 10.4 Å². The Morgan fingerprint density at radius 3 is 3.00 bits per heavy atom. The van der Waals surface area contributed by atoms with E-state index in [1.165, 1.54) is 17.8 Å². The van der Waals surface area contributed by atoms with E-state index >= 15 is 0 Å². The smallest absolute Gasteiger partial charge is 0.339 e. The largest absolute Gasteiger partial charge is 0.478 e. The molecular formula is C11H11N3O2S. The van der Waals surface area contributed by atoms with Gasteiger partial charge in [0.15, 0.2) is 5.82 Å². The molecule has 0 saturated carbocycles. The van der Waals surface area contributed by atoms with Gasteiger partial charge in [-0.3, -0.25) is 0 Å². The summed E-state index contributed by atoms with van der Waals surface area (Å²) >= 11 is 1.62. The van der Waals surface area contributed by atoms with Gasteiger partial charge in [-0.05, 0) is 34.9 Å². The van der Waals surface area contributed by atoms with Crippen LogP contribution in [0.2, 0.25) is 0 Å². The summed E-state index contributed by atoms with van der Waals surface area (Å²) in [6.07, 6.45) is 1.37. The van der Waals surface area contributed by atoms with Crippen molar-refractivity contribution in [2.45, 2.75) is 13.5 Å². The number of hydrogen-bond acceptors (Lipinski definition) is 5. The first-order valence-electron chi connectivity index (χ1n) is 4.99. The molecule has 0 fully saturated rings. The van der Waals surface area contributed by atoms with Crippen molar-refractivity contribution in [2.24, 2.45) is 0 Å². The first kappa shape index (κ1) is 11.5. The number of carbonyl (C=O) groups is 1. The number of nitrogens with zero attached hydrogens (tertiary/aromatic N) is 2. The van der Waals surface area contributed by atoms with E-state index in [2.05, 4.69) is 15.5 Å². The molecule has 2 heterocycles. The van der Waals surface area contributed by atoms with Gasteiger partial charge in [-0.25, -0.2) is 4.79 Å².